The zero-order valence-corrected chi connectivity index (χ0v) is 15.2. The van der Waals surface area contributed by atoms with E-state index in [9.17, 15) is 4.39 Å². The van der Waals surface area contributed by atoms with Crippen LogP contribution in [0, 0.1) is 5.95 Å². The minimum atomic E-state index is -0.470. The van der Waals surface area contributed by atoms with Crippen LogP contribution in [0.5, 0.6) is 0 Å². The van der Waals surface area contributed by atoms with E-state index in [1.165, 1.54) is 44.4 Å². The van der Waals surface area contributed by atoms with Crippen molar-refractivity contribution in [1.29, 1.82) is 0 Å². The molecule has 27 heavy (non-hydrogen) atoms. The van der Waals surface area contributed by atoms with Crippen molar-refractivity contribution < 1.29 is 4.39 Å². The second-order valence-corrected chi connectivity index (χ2v) is 7.56. The van der Waals surface area contributed by atoms with Crippen LogP contribution in [0.1, 0.15) is 37.7 Å². The predicted molar refractivity (Wildman–Crippen MR) is 104 cm³/mol. The molecule has 5 nitrogen and oxygen atoms in total. The van der Waals surface area contributed by atoms with E-state index in [0.29, 0.717) is 18.0 Å². The fraction of sp³-hybridized carbons (Fsp3) is 0.381. The molecule has 0 unspecified atom stereocenters. The van der Waals surface area contributed by atoms with E-state index in [-0.39, 0.29) is 0 Å². The van der Waals surface area contributed by atoms with Crippen LogP contribution in [0.4, 0.5) is 16.2 Å². The molecule has 5 rings (SSSR count). The SMILES string of the molecule is Fc1ccc(CNc2nc(N3CCC34CCCC4)c3ccccc3n2)cn1. The summed E-state index contributed by atoms with van der Waals surface area (Å²) in [6, 6.07) is 11.3. The highest BCUT2D eigenvalue weighted by atomic mass is 19.1. The van der Waals surface area contributed by atoms with E-state index >= 15 is 0 Å². The highest BCUT2D eigenvalue weighted by molar-refractivity contribution is 5.91. The molecule has 2 fully saturated rings. The van der Waals surface area contributed by atoms with Crippen LogP contribution in [-0.2, 0) is 6.54 Å². The van der Waals surface area contributed by atoms with Crippen LogP contribution >= 0.6 is 0 Å². The number of nitrogens with one attached hydrogen (secondary N) is 1. The Morgan fingerprint density at radius 3 is 2.63 bits per heavy atom. The Balaban J connectivity index is 1.48. The quantitative estimate of drug-likeness (QED) is 0.701. The van der Waals surface area contributed by atoms with Gasteiger partial charge in [-0.25, -0.2) is 9.97 Å². The molecule has 3 aromatic rings. The zero-order chi connectivity index (χ0) is 18.3. The number of pyridine rings is 1. The lowest BCUT2D eigenvalue weighted by Gasteiger charge is -2.52. The summed E-state index contributed by atoms with van der Waals surface area (Å²) in [6.07, 6.45) is 7.93. The maximum absolute atomic E-state index is 13.0. The number of hydrogen-bond donors (Lipinski definition) is 1. The fourth-order valence-electron chi connectivity index (χ4n) is 4.46. The van der Waals surface area contributed by atoms with Gasteiger partial charge in [-0.1, -0.05) is 31.0 Å². The maximum Gasteiger partial charge on any atom is 0.225 e. The molecule has 2 aliphatic rings. The molecule has 1 aliphatic carbocycles. The number of rotatable bonds is 4. The zero-order valence-electron chi connectivity index (χ0n) is 15.2. The molecule has 2 aromatic heterocycles. The molecule has 0 amide bonds. The molecule has 3 heterocycles. The van der Waals surface area contributed by atoms with Gasteiger partial charge in [0.15, 0.2) is 0 Å². The van der Waals surface area contributed by atoms with E-state index in [1.54, 1.807) is 6.07 Å². The van der Waals surface area contributed by atoms with Crippen molar-refractivity contribution in [3.63, 3.8) is 0 Å². The summed E-state index contributed by atoms with van der Waals surface area (Å²) in [7, 11) is 0. The van der Waals surface area contributed by atoms with Crippen LogP contribution in [0.25, 0.3) is 10.9 Å². The van der Waals surface area contributed by atoms with Gasteiger partial charge >= 0.3 is 0 Å². The second kappa shape index (κ2) is 6.44. The van der Waals surface area contributed by atoms with Gasteiger partial charge in [-0.15, -0.1) is 0 Å². The van der Waals surface area contributed by atoms with Crippen molar-refractivity contribution in [2.24, 2.45) is 0 Å². The third kappa shape index (κ3) is 2.89. The third-order valence-corrected chi connectivity index (χ3v) is 5.99. The molecule has 0 bridgehead atoms. The average molecular weight is 363 g/mol. The van der Waals surface area contributed by atoms with E-state index in [2.05, 4.69) is 26.3 Å². The Morgan fingerprint density at radius 2 is 1.89 bits per heavy atom. The van der Waals surface area contributed by atoms with Crippen molar-refractivity contribution in [3.05, 3.63) is 54.1 Å². The number of anilines is 2. The Kier molecular flexibility index (Phi) is 3.92. The van der Waals surface area contributed by atoms with Gasteiger partial charge in [0.05, 0.1) is 5.52 Å². The molecular weight excluding hydrogens is 341 g/mol. The number of nitrogens with zero attached hydrogens (tertiary/aromatic N) is 4. The average Bonchev–Trinajstić information content (AvgIpc) is 3.19. The van der Waals surface area contributed by atoms with Crippen LogP contribution in [0.15, 0.2) is 42.6 Å². The standard InChI is InChI=1S/C21H22FN5/c22-18-8-7-15(13-23-18)14-24-20-25-17-6-2-1-5-16(17)19(26-20)27-12-11-21(27)9-3-4-10-21/h1-2,5-8,13H,3-4,9-12,14H2,(H,24,25,26). The van der Waals surface area contributed by atoms with Gasteiger partial charge in [0.2, 0.25) is 11.9 Å². The summed E-state index contributed by atoms with van der Waals surface area (Å²) in [5.41, 5.74) is 2.14. The molecule has 6 heteroatoms. The topological polar surface area (TPSA) is 53.9 Å². The summed E-state index contributed by atoms with van der Waals surface area (Å²) in [5.74, 6) is 1.17. The Labute approximate surface area is 157 Å². The molecule has 1 saturated heterocycles. The van der Waals surface area contributed by atoms with Gasteiger partial charge in [0.1, 0.15) is 5.82 Å². The number of aromatic nitrogens is 3. The first-order chi connectivity index (χ1) is 13.2. The summed E-state index contributed by atoms with van der Waals surface area (Å²) in [5, 5.41) is 4.39. The molecule has 0 atom stereocenters. The number of benzene rings is 1. The van der Waals surface area contributed by atoms with Crippen molar-refractivity contribution in [2.45, 2.75) is 44.2 Å². The van der Waals surface area contributed by atoms with E-state index in [1.807, 2.05) is 18.2 Å². The van der Waals surface area contributed by atoms with Gasteiger partial charge in [0, 0.05) is 30.2 Å². The molecule has 1 N–H and O–H groups in total. The highest BCUT2D eigenvalue weighted by Gasteiger charge is 2.47. The summed E-state index contributed by atoms with van der Waals surface area (Å²) >= 11 is 0. The normalized spacial score (nSPS) is 18.0. The predicted octanol–water partition coefficient (Wildman–Crippen LogP) is 4.30. The summed E-state index contributed by atoms with van der Waals surface area (Å²) in [6.45, 7) is 1.57. The lowest BCUT2D eigenvalue weighted by Crippen LogP contribution is -2.58. The number of fused-ring (bicyclic) bond motifs is 1. The first-order valence-corrected chi connectivity index (χ1v) is 9.62. The number of hydrogen-bond acceptors (Lipinski definition) is 5. The van der Waals surface area contributed by atoms with E-state index in [0.717, 1.165) is 28.8 Å². The minimum Gasteiger partial charge on any atom is -0.350 e. The van der Waals surface area contributed by atoms with Crippen LogP contribution < -0.4 is 10.2 Å². The van der Waals surface area contributed by atoms with Crippen molar-refractivity contribution in [2.75, 3.05) is 16.8 Å². The molecule has 1 aromatic carbocycles. The fourth-order valence-corrected chi connectivity index (χ4v) is 4.46. The second-order valence-electron chi connectivity index (χ2n) is 7.56. The largest absolute Gasteiger partial charge is 0.350 e. The van der Waals surface area contributed by atoms with Crippen molar-refractivity contribution in [1.82, 2.24) is 15.0 Å². The maximum atomic E-state index is 13.0. The number of para-hydroxylation sites is 1. The third-order valence-electron chi connectivity index (χ3n) is 5.99. The van der Waals surface area contributed by atoms with E-state index in [4.69, 9.17) is 4.98 Å². The highest BCUT2D eigenvalue weighted by Crippen LogP contribution is 2.47. The smallest absolute Gasteiger partial charge is 0.225 e. The molecule has 1 aliphatic heterocycles. The first-order valence-electron chi connectivity index (χ1n) is 9.62. The Bertz CT molecular complexity index is 966. The van der Waals surface area contributed by atoms with Gasteiger partial charge in [-0.3, -0.25) is 0 Å². The summed E-state index contributed by atoms with van der Waals surface area (Å²) in [4.78, 5) is 15.8. The molecule has 0 radical (unpaired) electrons. The van der Waals surface area contributed by atoms with Gasteiger partial charge in [-0.05, 0) is 43.0 Å². The van der Waals surface area contributed by atoms with Crippen LogP contribution in [0.3, 0.4) is 0 Å². The molecule has 138 valence electrons. The van der Waals surface area contributed by atoms with Crippen LogP contribution in [0.2, 0.25) is 0 Å². The Morgan fingerprint density at radius 1 is 1.04 bits per heavy atom. The van der Waals surface area contributed by atoms with E-state index < -0.39 is 5.95 Å². The summed E-state index contributed by atoms with van der Waals surface area (Å²) < 4.78 is 13.0. The molecule has 1 saturated carbocycles. The first kappa shape index (κ1) is 16.4. The number of halogens is 1. The van der Waals surface area contributed by atoms with Crippen LogP contribution in [-0.4, -0.2) is 27.0 Å². The van der Waals surface area contributed by atoms with Gasteiger partial charge in [-0.2, -0.15) is 9.37 Å². The Hall–Kier alpha value is -2.76. The molecule has 1 spiro atoms. The van der Waals surface area contributed by atoms with Crippen molar-refractivity contribution in [3.8, 4) is 0 Å². The lowest BCUT2D eigenvalue weighted by molar-refractivity contribution is 0.279. The molecular formula is C21H22FN5. The van der Waals surface area contributed by atoms with Crippen molar-refractivity contribution >= 4 is 22.7 Å². The lowest BCUT2D eigenvalue weighted by atomic mass is 9.82. The minimum absolute atomic E-state index is 0.301. The van der Waals surface area contributed by atoms with Gasteiger partial charge in [0.25, 0.3) is 0 Å². The monoisotopic (exact) mass is 363 g/mol. The van der Waals surface area contributed by atoms with Gasteiger partial charge < -0.3 is 10.2 Å².